The summed E-state index contributed by atoms with van der Waals surface area (Å²) in [6.45, 7) is 0. The van der Waals surface area contributed by atoms with Crippen molar-refractivity contribution >= 4 is 5.84 Å². The molecule has 16 heavy (non-hydrogen) atoms. The molecule has 0 heterocycles. The quantitative estimate of drug-likeness (QED) is 0.584. The fourth-order valence-electron chi connectivity index (χ4n) is 1.47. The van der Waals surface area contributed by atoms with Crippen LogP contribution in [0.4, 0.5) is 4.39 Å². The molecular weight excluding hydrogens is 203 g/mol. The maximum atomic E-state index is 13.4. The first-order chi connectivity index (χ1) is 7.68. The summed E-state index contributed by atoms with van der Waals surface area (Å²) in [7, 11) is 0. The Morgan fingerprint density at radius 3 is 2.44 bits per heavy atom. The lowest BCUT2D eigenvalue weighted by atomic mass is 10.0. The van der Waals surface area contributed by atoms with Crippen LogP contribution in [0.1, 0.15) is 5.56 Å². The summed E-state index contributed by atoms with van der Waals surface area (Å²) in [5.41, 5.74) is 7.21. The van der Waals surface area contributed by atoms with Gasteiger partial charge in [0, 0.05) is 17.2 Å². The fourth-order valence-corrected chi connectivity index (χ4v) is 1.47. The molecule has 0 amide bonds. The Kier molecular flexibility index (Phi) is 2.68. The molecule has 0 atom stereocenters. The van der Waals surface area contributed by atoms with Crippen molar-refractivity contribution in [3.8, 4) is 11.1 Å². The molecule has 0 bridgehead atoms. The van der Waals surface area contributed by atoms with Crippen LogP contribution in [0.3, 0.4) is 0 Å². The van der Waals surface area contributed by atoms with Gasteiger partial charge in [0.25, 0.3) is 0 Å². The van der Waals surface area contributed by atoms with Crippen molar-refractivity contribution in [3.63, 3.8) is 0 Å². The van der Waals surface area contributed by atoms with Gasteiger partial charge in [-0.3, -0.25) is 5.41 Å². The number of nitrogens with two attached hydrogens (primary N) is 1. The number of amidine groups is 1. The minimum absolute atomic E-state index is 0.00615. The van der Waals surface area contributed by atoms with Crippen LogP contribution in [-0.4, -0.2) is 5.84 Å². The largest absolute Gasteiger partial charge is 0.384 e. The Balaban J connectivity index is 2.43. The lowest BCUT2D eigenvalue weighted by molar-refractivity contribution is 0.629. The predicted molar refractivity (Wildman–Crippen MR) is 61.7 cm³/mol. The van der Waals surface area contributed by atoms with Gasteiger partial charge in [-0.05, 0) is 5.56 Å². The van der Waals surface area contributed by atoms with Gasteiger partial charge in [-0.15, -0.1) is 0 Å². The van der Waals surface area contributed by atoms with E-state index in [4.69, 9.17) is 11.1 Å². The molecule has 0 fully saturated rings. The second-order valence-corrected chi connectivity index (χ2v) is 3.39. The summed E-state index contributed by atoms with van der Waals surface area (Å²) < 4.78 is 13.4. The first-order valence-corrected chi connectivity index (χ1v) is 4.79. The zero-order chi connectivity index (χ0) is 11.5. The molecule has 1 radical (unpaired) electrons. The molecule has 0 saturated heterocycles. The maximum Gasteiger partial charge on any atom is 0.138 e. The molecule has 3 N–H and O–H groups in total. The van der Waals surface area contributed by atoms with Crippen molar-refractivity contribution in [3.05, 3.63) is 59.9 Å². The lowest BCUT2D eigenvalue weighted by Gasteiger charge is -2.04. The number of rotatable bonds is 2. The molecule has 2 nitrogen and oxygen atoms in total. The molecule has 0 aliphatic rings. The molecule has 2 rings (SSSR count). The molecule has 2 aromatic rings. The SMILES string of the molecule is N=C(N)c1ccc(-c2ccc[c]c2F)cc1. The van der Waals surface area contributed by atoms with Crippen LogP contribution in [0.5, 0.6) is 0 Å². The lowest BCUT2D eigenvalue weighted by Crippen LogP contribution is -2.10. The monoisotopic (exact) mass is 213 g/mol. The smallest absolute Gasteiger partial charge is 0.138 e. The number of halogens is 1. The Labute approximate surface area is 93.0 Å². The van der Waals surface area contributed by atoms with E-state index in [1.165, 1.54) is 6.07 Å². The first kappa shape index (κ1) is 10.4. The third-order valence-corrected chi connectivity index (χ3v) is 2.31. The normalized spacial score (nSPS) is 10.1. The average Bonchev–Trinajstić information content (AvgIpc) is 2.30. The minimum Gasteiger partial charge on any atom is -0.384 e. The van der Waals surface area contributed by atoms with E-state index in [1.54, 1.807) is 36.4 Å². The van der Waals surface area contributed by atoms with Crippen LogP contribution < -0.4 is 5.73 Å². The summed E-state index contributed by atoms with van der Waals surface area (Å²) in [5, 5.41) is 7.25. The van der Waals surface area contributed by atoms with E-state index in [2.05, 4.69) is 6.07 Å². The topological polar surface area (TPSA) is 49.9 Å². The summed E-state index contributed by atoms with van der Waals surface area (Å²) >= 11 is 0. The van der Waals surface area contributed by atoms with E-state index in [0.29, 0.717) is 11.1 Å². The molecule has 0 spiro atoms. The third kappa shape index (κ3) is 1.93. The van der Waals surface area contributed by atoms with E-state index in [1.807, 2.05) is 0 Å². The van der Waals surface area contributed by atoms with Crippen molar-refractivity contribution in [2.75, 3.05) is 0 Å². The zero-order valence-electron chi connectivity index (χ0n) is 8.50. The Morgan fingerprint density at radius 1 is 1.19 bits per heavy atom. The van der Waals surface area contributed by atoms with Crippen molar-refractivity contribution in [1.82, 2.24) is 0 Å². The van der Waals surface area contributed by atoms with Crippen LogP contribution >= 0.6 is 0 Å². The van der Waals surface area contributed by atoms with E-state index in [0.717, 1.165) is 5.56 Å². The fraction of sp³-hybridized carbons (Fsp3) is 0. The highest BCUT2D eigenvalue weighted by Crippen LogP contribution is 2.22. The Bertz CT molecular complexity index is 518. The van der Waals surface area contributed by atoms with Crippen LogP contribution in [0, 0.1) is 17.3 Å². The van der Waals surface area contributed by atoms with Gasteiger partial charge < -0.3 is 5.73 Å². The second kappa shape index (κ2) is 4.14. The predicted octanol–water partition coefficient (Wildman–Crippen LogP) is 2.58. The summed E-state index contributed by atoms with van der Waals surface area (Å²) in [4.78, 5) is 0. The summed E-state index contributed by atoms with van der Waals surface area (Å²) in [6.07, 6.45) is 0. The maximum absolute atomic E-state index is 13.4. The highest BCUT2D eigenvalue weighted by Gasteiger charge is 2.04. The second-order valence-electron chi connectivity index (χ2n) is 3.39. The van der Waals surface area contributed by atoms with Gasteiger partial charge in [-0.2, -0.15) is 0 Å². The average molecular weight is 213 g/mol. The van der Waals surface area contributed by atoms with Crippen molar-refractivity contribution in [2.24, 2.45) is 5.73 Å². The molecule has 79 valence electrons. The van der Waals surface area contributed by atoms with Crippen LogP contribution in [0.2, 0.25) is 0 Å². The van der Waals surface area contributed by atoms with Gasteiger partial charge in [-0.1, -0.05) is 42.5 Å². The van der Waals surface area contributed by atoms with E-state index >= 15 is 0 Å². The Hall–Kier alpha value is -2.16. The molecule has 0 saturated carbocycles. The molecule has 2 aromatic carbocycles. The molecule has 0 aliphatic heterocycles. The third-order valence-electron chi connectivity index (χ3n) is 2.31. The van der Waals surface area contributed by atoms with E-state index in [9.17, 15) is 4.39 Å². The van der Waals surface area contributed by atoms with Gasteiger partial charge in [0.1, 0.15) is 11.7 Å². The van der Waals surface area contributed by atoms with Gasteiger partial charge >= 0.3 is 0 Å². The molecule has 0 aliphatic carbocycles. The van der Waals surface area contributed by atoms with Crippen LogP contribution in [0.15, 0.2) is 42.5 Å². The molecule has 0 unspecified atom stereocenters. The van der Waals surface area contributed by atoms with E-state index in [-0.39, 0.29) is 11.7 Å². The van der Waals surface area contributed by atoms with Gasteiger partial charge in [0.2, 0.25) is 0 Å². The van der Waals surface area contributed by atoms with Crippen molar-refractivity contribution < 1.29 is 4.39 Å². The standard InChI is InChI=1S/C13H10FN2/c14-12-4-2-1-3-11(12)9-5-7-10(8-6-9)13(15)16/h1-3,5-8H,(H3,15,16). The van der Waals surface area contributed by atoms with Crippen molar-refractivity contribution in [1.29, 1.82) is 5.41 Å². The minimum atomic E-state index is -0.377. The van der Waals surface area contributed by atoms with Crippen LogP contribution in [-0.2, 0) is 0 Å². The number of hydrogen-bond donors (Lipinski definition) is 2. The zero-order valence-corrected chi connectivity index (χ0v) is 8.50. The summed E-state index contributed by atoms with van der Waals surface area (Å²) in [6, 6.07) is 14.3. The Morgan fingerprint density at radius 2 is 1.88 bits per heavy atom. The van der Waals surface area contributed by atoms with Gasteiger partial charge in [0.05, 0.1) is 0 Å². The first-order valence-electron chi connectivity index (χ1n) is 4.79. The number of hydrogen-bond acceptors (Lipinski definition) is 1. The summed E-state index contributed by atoms with van der Waals surface area (Å²) in [5.74, 6) is -0.371. The number of nitrogens with one attached hydrogen (secondary N) is 1. The van der Waals surface area contributed by atoms with Gasteiger partial charge in [-0.25, -0.2) is 4.39 Å². The highest BCUT2D eigenvalue weighted by atomic mass is 19.1. The van der Waals surface area contributed by atoms with Gasteiger partial charge in [0.15, 0.2) is 0 Å². The number of benzene rings is 2. The number of nitrogen functional groups attached to an aromatic ring is 1. The molecule has 3 heteroatoms. The van der Waals surface area contributed by atoms with Crippen LogP contribution in [0.25, 0.3) is 11.1 Å². The highest BCUT2D eigenvalue weighted by molar-refractivity contribution is 5.95. The molecule has 0 aromatic heterocycles. The van der Waals surface area contributed by atoms with Crippen molar-refractivity contribution in [2.45, 2.75) is 0 Å². The van der Waals surface area contributed by atoms with E-state index < -0.39 is 0 Å². The molecular formula is C13H10FN2.